The number of nitrogens with zero attached hydrogens (tertiary/aromatic N) is 1. The van der Waals surface area contributed by atoms with Crippen molar-refractivity contribution in [1.29, 1.82) is 0 Å². The Hall–Kier alpha value is -0.980. The van der Waals surface area contributed by atoms with Crippen molar-refractivity contribution < 1.29 is 17.9 Å². The lowest BCUT2D eigenvalue weighted by molar-refractivity contribution is 0.281. The molecule has 0 aromatic heterocycles. The molecule has 1 aromatic carbocycles. The molecule has 2 rings (SSSR count). The first kappa shape index (κ1) is 14.4. The minimum Gasteiger partial charge on any atom is -0.392 e. The molecule has 4 nitrogen and oxygen atoms in total. The fourth-order valence-electron chi connectivity index (χ4n) is 2.10. The molecule has 0 spiro atoms. The fourth-order valence-corrected chi connectivity index (χ4v) is 3.57. The van der Waals surface area contributed by atoms with Crippen molar-refractivity contribution >= 4 is 10.0 Å². The molecule has 19 heavy (non-hydrogen) atoms. The van der Waals surface area contributed by atoms with Crippen LogP contribution in [0.1, 0.15) is 25.3 Å². The normalized spacial score (nSPS) is 17.7. The molecule has 0 aliphatic heterocycles. The highest BCUT2D eigenvalue weighted by atomic mass is 32.2. The molecule has 0 saturated heterocycles. The Kier molecular flexibility index (Phi) is 3.94. The van der Waals surface area contributed by atoms with Crippen LogP contribution in [-0.4, -0.2) is 30.9 Å². The van der Waals surface area contributed by atoms with Crippen molar-refractivity contribution in [3.63, 3.8) is 0 Å². The van der Waals surface area contributed by atoms with Gasteiger partial charge in [0.05, 0.1) is 6.61 Å². The van der Waals surface area contributed by atoms with E-state index in [4.69, 9.17) is 5.11 Å². The van der Waals surface area contributed by atoms with Gasteiger partial charge in [-0.15, -0.1) is 0 Å². The highest BCUT2D eigenvalue weighted by Crippen LogP contribution is 2.36. The lowest BCUT2D eigenvalue weighted by atomic mass is 10.2. The molecule has 0 radical (unpaired) electrons. The smallest absolute Gasteiger partial charge is 0.245 e. The first-order valence-corrected chi connectivity index (χ1v) is 7.69. The van der Waals surface area contributed by atoms with E-state index < -0.39 is 15.8 Å². The van der Waals surface area contributed by atoms with E-state index in [9.17, 15) is 12.8 Å². The lowest BCUT2D eigenvalue weighted by Crippen LogP contribution is -2.36. The molecule has 1 fully saturated rings. The van der Waals surface area contributed by atoms with E-state index in [2.05, 4.69) is 0 Å². The van der Waals surface area contributed by atoms with Gasteiger partial charge in [-0.2, -0.15) is 4.31 Å². The minimum atomic E-state index is -3.82. The van der Waals surface area contributed by atoms with E-state index >= 15 is 0 Å². The maximum atomic E-state index is 13.9. The van der Waals surface area contributed by atoms with Gasteiger partial charge in [0.2, 0.25) is 10.0 Å². The highest BCUT2D eigenvalue weighted by molar-refractivity contribution is 7.89. The van der Waals surface area contributed by atoms with Crippen LogP contribution in [0.2, 0.25) is 0 Å². The van der Waals surface area contributed by atoms with Gasteiger partial charge >= 0.3 is 0 Å². The number of halogens is 1. The van der Waals surface area contributed by atoms with Crippen LogP contribution in [-0.2, 0) is 16.6 Å². The van der Waals surface area contributed by atoms with Crippen molar-refractivity contribution in [2.75, 3.05) is 7.05 Å². The van der Waals surface area contributed by atoms with Crippen LogP contribution in [0, 0.1) is 11.7 Å². The van der Waals surface area contributed by atoms with Gasteiger partial charge in [0, 0.05) is 13.1 Å². The SMILES string of the molecule is CC(C1CC1)N(C)S(=O)(=O)c1ccc(CO)cc1F. The topological polar surface area (TPSA) is 57.6 Å². The van der Waals surface area contributed by atoms with Crippen molar-refractivity contribution in [2.45, 2.75) is 37.3 Å². The van der Waals surface area contributed by atoms with Crippen LogP contribution < -0.4 is 0 Å². The predicted molar refractivity (Wildman–Crippen MR) is 69.5 cm³/mol. The Balaban J connectivity index is 2.33. The van der Waals surface area contributed by atoms with Crippen molar-refractivity contribution in [3.05, 3.63) is 29.6 Å². The van der Waals surface area contributed by atoms with Crippen LogP contribution in [0.5, 0.6) is 0 Å². The summed E-state index contributed by atoms with van der Waals surface area (Å²) in [6, 6.07) is 3.57. The second-order valence-electron chi connectivity index (χ2n) is 5.02. The average Bonchev–Trinajstić information content (AvgIpc) is 3.20. The second kappa shape index (κ2) is 5.19. The molecule has 6 heteroatoms. The number of sulfonamides is 1. The summed E-state index contributed by atoms with van der Waals surface area (Å²) in [6.07, 6.45) is 2.04. The largest absolute Gasteiger partial charge is 0.392 e. The zero-order valence-electron chi connectivity index (χ0n) is 11.0. The van der Waals surface area contributed by atoms with Crippen LogP contribution in [0.4, 0.5) is 4.39 Å². The molecule has 106 valence electrons. The summed E-state index contributed by atoms with van der Waals surface area (Å²) in [7, 11) is -2.34. The van der Waals surface area contributed by atoms with Gasteiger partial charge in [0.25, 0.3) is 0 Å². The Bertz CT molecular complexity index is 569. The summed E-state index contributed by atoms with van der Waals surface area (Å²) >= 11 is 0. The maximum absolute atomic E-state index is 13.9. The summed E-state index contributed by atoms with van der Waals surface area (Å²) in [5.74, 6) is -0.444. The molecule has 1 N–H and O–H groups in total. The van der Waals surface area contributed by atoms with Crippen molar-refractivity contribution in [2.24, 2.45) is 5.92 Å². The molecule has 0 amide bonds. The van der Waals surface area contributed by atoms with E-state index in [0.29, 0.717) is 11.5 Å². The summed E-state index contributed by atoms with van der Waals surface area (Å²) in [5.41, 5.74) is 0.356. The number of aliphatic hydroxyl groups excluding tert-OH is 1. The third-order valence-corrected chi connectivity index (χ3v) is 5.69. The van der Waals surface area contributed by atoms with E-state index in [-0.39, 0.29) is 17.5 Å². The Morgan fingerprint density at radius 2 is 2.11 bits per heavy atom. The maximum Gasteiger partial charge on any atom is 0.245 e. The fraction of sp³-hybridized carbons (Fsp3) is 0.538. The second-order valence-corrected chi connectivity index (χ2v) is 6.99. The summed E-state index contributed by atoms with van der Waals surface area (Å²) in [6.45, 7) is 1.53. The Labute approximate surface area is 112 Å². The van der Waals surface area contributed by atoms with Gasteiger partial charge in [-0.1, -0.05) is 6.07 Å². The van der Waals surface area contributed by atoms with Gasteiger partial charge in [0.1, 0.15) is 10.7 Å². The van der Waals surface area contributed by atoms with E-state index in [0.717, 1.165) is 18.9 Å². The van der Waals surface area contributed by atoms with Crippen molar-refractivity contribution in [3.8, 4) is 0 Å². The zero-order valence-corrected chi connectivity index (χ0v) is 11.8. The van der Waals surface area contributed by atoms with Gasteiger partial charge in [-0.05, 0) is 43.4 Å². The van der Waals surface area contributed by atoms with Crippen LogP contribution >= 0.6 is 0 Å². The Morgan fingerprint density at radius 1 is 1.47 bits per heavy atom. The minimum absolute atomic E-state index is 0.123. The molecule has 1 unspecified atom stereocenters. The number of hydrogen-bond donors (Lipinski definition) is 1. The van der Waals surface area contributed by atoms with E-state index in [1.54, 1.807) is 0 Å². The first-order valence-electron chi connectivity index (χ1n) is 6.25. The summed E-state index contributed by atoms with van der Waals surface area (Å²) in [4.78, 5) is -0.334. The third kappa shape index (κ3) is 2.80. The molecular weight excluding hydrogens is 269 g/mol. The van der Waals surface area contributed by atoms with Crippen LogP contribution in [0.3, 0.4) is 0 Å². The van der Waals surface area contributed by atoms with Crippen LogP contribution in [0.15, 0.2) is 23.1 Å². The van der Waals surface area contributed by atoms with Gasteiger partial charge in [-0.3, -0.25) is 0 Å². The summed E-state index contributed by atoms with van der Waals surface area (Å²) < 4.78 is 39.8. The Morgan fingerprint density at radius 3 is 2.58 bits per heavy atom. The van der Waals surface area contributed by atoms with Gasteiger partial charge < -0.3 is 5.11 Å². The molecule has 1 aliphatic carbocycles. The van der Waals surface area contributed by atoms with Gasteiger partial charge in [0.15, 0.2) is 0 Å². The highest BCUT2D eigenvalue weighted by Gasteiger charge is 2.36. The lowest BCUT2D eigenvalue weighted by Gasteiger charge is -2.24. The standard InChI is InChI=1S/C13H18FNO3S/c1-9(11-4-5-11)15(2)19(17,18)13-6-3-10(8-16)7-12(13)14/h3,6-7,9,11,16H,4-5,8H2,1-2H3. The average molecular weight is 287 g/mol. The summed E-state index contributed by atoms with van der Waals surface area (Å²) in [5, 5.41) is 8.91. The number of benzene rings is 1. The van der Waals surface area contributed by atoms with Crippen LogP contribution in [0.25, 0.3) is 0 Å². The molecule has 1 aliphatic rings. The molecule has 1 atom stereocenters. The molecule has 1 saturated carbocycles. The monoisotopic (exact) mass is 287 g/mol. The van der Waals surface area contributed by atoms with Crippen molar-refractivity contribution in [1.82, 2.24) is 4.31 Å². The quantitative estimate of drug-likeness (QED) is 0.897. The number of rotatable bonds is 5. The molecule has 0 bridgehead atoms. The molecular formula is C13H18FNO3S. The predicted octanol–water partition coefficient (Wildman–Crippen LogP) is 1.74. The van der Waals surface area contributed by atoms with Gasteiger partial charge in [-0.25, -0.2) is 12.8 Å². The molecule has 0 heterocycles. The number of aliphatic hydroxyl groups is 1. The van der Waals surface area contributed by atoms with E-state index in [1.165, 1.54) is 23.5 Å². The third-order valence-electron chi connectivity index (χ3n) is 3.71. The first-order chi connectivity index (χ1) is 8.87. The zero-order chi connectivity index (χ0) is 14.2. The van der Waals surface area contributed by atoms with E-state index in [1.807, 2.05) is 6.92 Å². The molecule has 1 aromatic rings. The number of hydrogen-bond acceptors (Lipinski definition) is 3.